The number of halogens is 1. The van der Waals surface area contributed by atoms with E-state index in [1.165, 1.54) is 25.9 Å². The summed E-state index contributed by atoms with van der Waals surface area (Å²) in [6, 6.07) is 6.01. The van der Waals surface area contributed by atoms with Crippen molar-refractivity contribution in [2.45, 2.75) is 19.8 Å². The van der Waals surface area contributed by atoms with Crippen LogP contribution in [0.3, 0.4) is 0 Å². The Bertz CT molecular complexity index is 472. The molecule has 1 fully saturated rings. The molecule has 0 spiro atoms. The Kier molecular flexibility index (Phi) is 5.81. The summed E-state index contributed by atoms with van der Waals surface area (Å²) in [5.41, 5.74) is 7.71. The predicted molar refractivity (Wildman–Crippen MR) is 93.4 cm³/mol. The number of nitrogens with one attached hydrogen (secondary N) is 1. The molecule has 1 heterocycles. The second-order valence-corrected chi connectivity index (χ2v) is 6.90. The summed E-state index contributed by atoms with van der Waals surface area (Å²) < 4.78 is 0.996. The van der Waals surface area contributed by atoms with Crippen molar-refractivity contribution in [2.24, 2.45) is 11.7 Å². The lowest BCUT2D eigenvalue weighted by atomic mass is 10.1. The van der Waals surface area contributed by atoms with Crippen molar-refractivity contribution < 1.29 is 0 Å². The van der Waals surface area contributed by atoms with E-state index in [1.807, 2.05) is 18.2 Å². The number of thiocarbonyl (C=S) groups is 1. The highest BCUT2D eigenvalue weighted by molar-refractivity contribution is 9.10. The maximum Gasteiger partial charge on any atom is 0.106 e. The van der Waals surface area contributed by atoms with Gasteiger partial charge in [-0.1, -0.05) is 35.1 Å². The maximum atomic E-state index is 5.78. The number of hydrogen-bond acceptors (Lipinski definition) is 3. The smallest absolute Gasteiger partial charge is 0.106 e. The third-order valence-electron chi connectivity index (χ3n) is 3.66. The monoisotopic (exact) mass is 355 g/mol. The molecule has 2 rings (SSSR count). The Balaban J connectivity index is 1.91. The summed E-state index contributed by atoms with van der Waals surface area (Å²) in [5, 5.41) is 3.48. The lowest BCUT2D eigenvalue weighted by Crippen LogP contribution is -2.29. The Morgan fingerprint density at radius 2 is 2.15 bits per heavy atom. The zero-order valence-electron chi connectivity index (χ0n) is 11.9. The molecule has 0 radical (unpaired) electrons. The molecular formula is C15H22BrN3S. The second-order valence-electron chi connectivity index (χ2n) is 5.55. The van der Waals surface area contributed by atoms with Crippen LogP contribution in [0, 0.1) is 5.92 Å². The van der Waals surface area contributed by atoms with Crippen molar-refractivity contribution in [3.63, 3.8) is 0 Å². The van der Waals surface area contributed by atoms with E-state index >= 15 is 0 Å². The molecule has 0 saturated carbocycles. The Labute approximate surface area is 135 Å². The van der Waals surface area contributed by atoms with Crippen LogP contribution in [0.2, 0.25) is 0 Å². The predicted octanol–water partition coefficient (Wildman–Crippen LogP) is 3.23. The van der Waals surface area contributed by atoms with Crippen LogP contribution < -0.4 is 11.1 Å². The van der Waals surface area contributed by atoms with Gasteiger partial charge in [-0.05, 0) is 50.0 Å². The number of rotatable bonds is 6. The highest BCUT2D eigenvalue weighted by atomic mass is 79.9. The Morgan fingerprint density at radius 1 is 1.45 bits per heavy atom. The molecule has 0 bridgehead atoms. The van der Waals surface area contributed by atoms with Gasteiger partial charge in [0.2, 0.25) is 0 Å². The van der Waals surface area contributed by atoms with E-state index in [-0.39, 0.29) is 0 Å². The standard InChI is InChI=1S/C15H22BrN3S/c1-11(10-19-6-2-3-7-19)9-18-14-5-4-12(16)8-13(14)15(17)20/h4-5,8,11,18H,2-3,6-7,9-10H2,1H3,(H2,17,20). The zero-order chi connectivity index (χ0) is 14.5. The van der Waals surface area contributed by atoms with Gasteiger partial charge in [0.1, 0.15) is 4.99 Å². The topological polar surface area (TPSA) is 41.3 Å². The van der Waals surface area contributed by atoms with E-state index in [9.17, 15) is 0 Å². The molecule has 3 nitrogen and oxygen atoms in total. The van der Waals surface area contributed by atoms with Gasteiger partial charge in [0, 0.05) is 28.8 Å². The average molecular weight is 356 g/mol. The van der Waals surface area contributed by atoms with Gasteiger partial charge < -0.3 is 16.0 Å². The molecule has 0 amide bonds. The fraction of sp³-hybridized carbons (Fsp3) is 0.533. The summed E-state index contributed by atoms with van der Waals surface area (Å²) in [5.74, 6) is 0.607. The maximum absolute atomic E-state index is 5.78. The number of nitrogens with two attached hydrogens (primary N) is 1. The van der Waals surface area contributed by atoms with Crippen LogP contribution in [0.5, 0.6) is 0 Å². The van der Waals surface area contributed by atoms with Crippen LogP contribution in [0.1, 0.15) is 25.3 Å². The van der Waals surface area contributed by atoms with Crippen LogP contribution >= 0.6 is 28.1 Å². The second kappa shape index (κ2) is 7.38. The van der Waals surface area contributed by atoms with Gasteiger partial charge in [-0.3, -0.25) is 0 Å². The van der Waals surface area contributed by atoms with Crippen LogP contribution in [0.4, 0.5) is 5.69 Å². The minimum absolute atomic E-state index is 0.431. The first kappa shape index (κ1) is 15.7. The number of likely N-dealkylation sites (tertiary alicyclic amines) is 1. The number of benzene rings is 1. The van der Waals surface area contributed by atoms with Crippen molar-refractivity contribution in [3.05, 3.63) is 28.2 Å². The van der Waals surface area contributed by atoms with E-state index < -0.39 is 0 Å². The van der Waals surface area contributed by atoms with Crippen molar-refractivity contribution in [3.8, 4) is 0 Å². The highest BCUT2D eigenvalue weighted by Gasteiger charge is 2.15. The zero-order valence-corrected chi connectivity index (χ0v) is 14.3. The molecule has 1 aliphatic rings. The minimum Gasteiger partial charge on any atom is -0.389 e. The highest BCUT2D eigenvalue weighted by Crippen LogP contribution is 2.21. The molecule has 1 aromatic carbocycles. The summed E-state index contributed by atoms with van der Waals surface area (Å²) >= 11 is 8.57. The summed E-state index contributed by atoms with van der Waals surface area (Å²) in [7, 11) is 0. The molecule has 110 valence electrons. The number of hydrogen-bond donors (Lipinski definition) is 2. The van der Waals surface area contributed by atoms with E-state index in [1.54, 1.807) is 0 Å². The van der Waals surface area contributed by atoms with E-state index in [0.717, 1.165) is 28.8 Å². The SMILES string of the molecule is CC(CNc1ccc(Br)cc1C(N)=S)CN1CCCC1. The van der Waals surface area contributed by atoms with Crippen LogP contribution in [-0.4, -0.2) is 36.1 Å². The molecule has 1 saturated heterocycles. The third kappa shape index (κ3) is 4.43. The van der Waals surface area contributed by atoms with Crippen LogP contribution in [0.15, 0.2) is 22.7 Å². The van der Waals surface area contributed by atoms with Gasteiger partial charge in [0.25, 0.3) is 0 Å². The van der Waals surface area contributed by atoms with Gasteiger partial charge in [0.05, 0.1) is 0 Å². The largest absolute Gasteiger partial charge is 0.389 e. The molecule has 1 atom stereocenters. The average Bonchev–Trinajstić information content (AvgIpc) is 2.90. The fourth-order valence-electron chi connectivity index (χ4n) is 2.63. The number of nitrogens with zero attached hydrogens (tertiary/aromatic N) is 1. The van der Waals surface area contributed by atoms with Crippen molar-refractivity contribution >= 4 is 38.8 Å². The molecule has 5 heteroatoms. The van der Waals surface area contributed by atoms with E-state index in [0.29, 0.717) is 10.9 Å². The normalized spacial score (nSPS) is 17.1. The summed E-state index contributed by atoms with van der Waals surface area (Å²) in [4.78, 5) is 2.98. The molecule has 1 unspecified atom stereocenters. The molecule has 20 heavy (non-hydrogen) atoms. The lowest BCUT2D eigenvalue weighted by molar-refractivity contribution is 0.294. The van der Waals surface area contributed by atoms with Crippen molar-refractivity contribution in [1.29, 1.82) is 0 Å². The number of anilines is 1. The van der Waals surface area contributed by atoms with Crippen LogP contribution in [-0.2, 0) is 0 Å². The molecule has 1 aromatic rings. The van der Waals surface area contributed by atoms with Gasteiger partial charge in [-0.25, -0.2) is 0 Å². The first-order chi connectivity index (χ1) is 9.56. The van der Waals surface area contributed by atoms with Gasteiger partial charge in [-0.2, -0.15) is 0 Å². The van der Waals surface area contributed by atoms with Crippen molar-refractivity contribution in [1.82, 2.24) is 4.90 Å². The molecular weight excluding hydrogens is 334 g/mol. The third-order valence-corrected chi connectivity index (χ3v) is 4.37. The van der Waals surface area contributed by atoms with Gasteiger partial charge in [0.15, 0.2) is 0 Å². The van der Waals surface area contributed by atoms with Crippen molar-refractivity contribution in [2.75, 3.05) is 31.5 Å². The first-order valence-electron chi connectivity index (χ1n) is 7.12. The lowest BCUT2D eigenvalue weighted by Gasteiger charge is -2.21. The van der Waals surface area contributed by atoms with Gasteiger partial charge in [-0.15, -0.1) is 0 Å². The quantitative estimate of drug-likeness (QED) is 0.768. The minimum atomic E-state index is 0.431. The molecule has 3 N–H and O–H groups in total. The first-order valence-corrected chi connectivity index (χ1v) is 8.32. The fourth-order valence-corrected chi connectivity index (χ4v) is 3.16. The molecule has 1 aliphatic heterocycles. The van der Waals surface area contributed by atoms with Crippen LogP contribution in [0.25, 0.3) is 0 Å². The molecule has 0 aromatic heterocycles. The molecule has 0 aliphatic carbocycles. The Morgan fingerprint density at radius 3 is 2.80 bits per heavy atom. The summed E-state index contributed by atoms with van der Waals surface area (Å²) in [6.45, 7) is 6.88. The van der Waals surface area contributed by atoms with E-state index in [2.05, 4.69) is 33.1 Å². The van der Waals surface area contributed by atoms with E-state index in [4.69, 9.17) is 18.0 Å². The Hall–Kier alpha value is -0.650. The van der Waals surface area contributed by atoms with Gasteiger partial charge >= 0.3 is 0 Å². The summed E-state index contributed by atoms with van der Waals surface area (Å²) in [6.07, 6.45) is 2.69.